The molecule has 6 nitrogen and oxygen atoms in total. The number of benzene rings is 2. The van der Waals surface area contributed by atoms with Gasteiger partial charge in [-0.15, -0.1) is 0 Å². The maximum atomic E-state index is 12.9. The molecule has 0 aromatic heterocycles. The fourth-order valence-corrected chi connectivity index (χ4v) is 3.20. The van der Waals surface area contributed by atoms with E-state index >= 15 is 0 Å². The number of rotatable bonds is 6. The Bertz CT molecular complexity index is 910. The highest BCUT2D eigenvalue weighted by atomic mass is 32.2. The fourth-order valence-electron chi connectivity index (χ4n) is 2.18. The van der Waals surface area contributed by atoms with E-state index in [1.54, 1.807) is 19.9 Å². The van der Waals surface area contributed by atoms with Crippen molar-refractivity contribution in [3.05, 3.63) is 53.3 Å². The standard InChI is InChI=1S/C18H21FN2O4S/c1-12-9-16(26(23,24)21(3)4)10-17(13(12)2)20-18(22)11-25-15-7-5-14(19)6-8-15/h5-10H,11H2,1-4H3,(H,20,22). The second-order valence-corrected chi connectivity index (χ2v) is 8.14. The molecular formula is C18H21FN2O4S. The Labute approximate surface area is 152 Å². The van der Waals surface area contributed by atoms with E-state index in [-0.39, 0.29) is 11.5 Å². The molecule has 0 fully saturated rings. The molecule has 0 aliphatic rings. The van der Waals surface area contributed by atoms with Crippen molar-refractivity contribution in [2.24, 2.45) is 0 Å². The van der Waals surface area contributed by atoms with Gasteiger partial charge in [-0.1, -0.05) is 0 Å². The van der Waals surface area contributed by atoms with Crippen LogP contribution in [0.5, 0.6) is 5.75 Å². The zero-order chi connectivity index (χ0) is 19.5. The van der Waals surface area contributed by atoms with E-state index in [9.17, 15) is 17.6 Å². The second-order valence-electron chi connectivity index (χ2n) is 5.99. The summed E-state index contributed by atoms with van der Waals surface area (Å²) >= 11 is 0. The predicted molar refractivity (Wildman–Crippen MR) is 97.3 cm³/mol. The summed E-state index contributed by atoms with van der Waals surface area (Å²) in [6.07, 6.45) is 0. The molecule has 0 heterocycles. The van der Waals surface area contributed by atoms with Crippen molar-refractivity contribution in [3.8, 4) is 5.75 Å². The number of hydrogen-bond acceptors (Lipinski definition) is 4. The molecule has 0 saturated heterocycles. The molecule has 0 saturated carbocycles. The Hall–Kier alpha value is -2.45. The third-order valence-corrected chi connectivity index (χ3v) is 5.67. The van der Waals surface area contributed by atoms with E-state index in [0.29, 0.717) is 11.4 Å². The van der Waals surface area contributed by atoms with E-state index in [2.05, 4.69) is 5.32 Å². The highest BCUT2D eigenvalue weighted by Crippen LogP contribution is 2.25. The molecule has 140 valence electrons. The van der Waals surface area contributed by atoms with Crippen molar-refractivity contribution in [3.63, 3.8) is 0 Å². The van der Waals surface area contributed by atoms with E-state index in [1.807, 2.05) is 0 Å². The Morgan fingerprint density at radius 2 is 1.77 bits per heavy atom. The van der Waals surface area contributed by atoms with Crippen LogP contribution >= 0.6 is 0 Å². The van der Waals surface area contributed by atoms with Crippen LogP contribution < -0.4 is 10.1 Å². The summed E-state index contributed by atoms with van der Waals surface area (Å²) in [7, 11) is -0.731. The largest absolute Gasteiger partial charge is 0.484 e. The summed E-state index contributed by atoms with van der Waals surface area (Å²) in [5.74, 6) is -0.485. The zero-order valence-corrected chi connectivity index (χ0v) is 15.9. The summed E-state index contributed by atoms with van der Waals surface area (Å²) in [6.45, 7) is 3.28. The predicted octanol–water partition coefficient (Wildman–Crippen LogP) is 2.71. The molecule has 0 aliphatic carbocycles. The van der Waals surface area contributed by atoms with Crippen molar-refractivity contribution in [2.45, 2.75) is 18.7 Å². The van der Waals surface area contributed by atoms with Gasteiger partial charge in [0.1, 0.15) is 11.6 Å². The molecule has 1 N–H and O–H groups in total. The van der Waals surface area contributed by atoms with Gasteiger partial charge in [-0.05, 0) is 61.4 Å². The minimum atomic E-state index is -3.62. The number of ether oxygens (including phenoxy) is 1. The highest BCUT2D eigenvalue weighted by Gasteiger charge is 2.20. The number of carbonyl (C=O) groups is 1. The van der Waals surface area contributed by atoms with Crippen LogP contribution in [0, 0.1) is 19.7 Å². The van der Waals surface area contributed by atoms with Gasteiger partial charge in [0.05, 0.1) is 4.90 Å². The number of carbonyl (C=O) groups excluding carboxylic acids is 1. The van der Waals surface area contributed by atoms with Crippen molar-refractivity contribution in [1.82, 2.24) is 4.31 Å². The minimum Gasteiger partial charge on any atom is -0.484 e. The minimum absolute atomic E-state index is 0.0975. The lowest BCUT2D eigenvalue weighted by Gasteiger charge is -2.16. The molecule has 8 heteroatoms. The summed E-state index contributed by atoms with van der Waals surface area (Å²) < 4.78 is 43.9. The van der Waals surface area contributed by atoms with Gasteiger partial charge in [0.15, 0.2) is 6.61 Å². The van der Waals surface area contributed by atoms with Crippen LogP contribution in [0.1, 0.15) is 11.1 Å². The molecule has 26 heavy (non-hydrogen) atoms. The number of anilines is 1. The lowest BCUT2D eigenvalue weighted by Crippen LogP contribution is -2.24. The van der Waals surface area contributed by atoms with Gasteiger partial charge in [-0.3, -0.25) is 4.79 Å². The normalized spacial score (nSPS) is 11.5. The zero-order valence-electron chi connectivity index (χ0n) is 15.0. The molecule has 2 aromatic carbocycles. The first-order chi connectivity index (χ1) is 12.1. The van der Waals surface area contributed by atoms with Crippen molar-refractivity contribution in [2.75, 3.05) is 26.0 Å². The monoisotopic (exact) mass is 380 g/mol. The molecule has 2 aromatic rings. The third-order valence-electron chi connectivity index (χ3n) is 3.88. The van der Waals surface area contributed by atoms with Crippen LogP contribution in [0.4, 0.5) is 10.1 Å². The SMILES string of the molecule is Cc1cc(S(=O)(=O)N(C)C)cc(NC(=O)COc2ccc(F)cc2)c1C. The van der Waals surface area contributed by atoms with Gasteiger partial charge in [-0.25, -0.2) is 17.1 Å². The van der Waals surface area contributed by atoms with Crippen LogP contribution in [-0.2, 0) is 14.8 Å². The van der Waals surface area contributed by atoms with E-state index in [4.69, 9.17) is 4.74 Å². The first-order valence-corrected chi connectivity index (χ1v) is 9.27. The van der Waals surface area contributed by atoms with Crippen molar-refractivity contribution < 1.29 is 22.3 Å². The number of nitrogens with zero attached hydrogens (tertiary/aromatic N) is 1. The Morgan fingerprint density at radius 1 is 1.15 bits per heavy atom. The third kappa shape index (κ3) is 4.59. The molecule has 0 atom stereocenters. The van der Waals surface area contributed by atoms with Gasteiger partial charge in [-0.2, -0.15) is 0 Å². The number of hydrogen-bond donors (Lipinski definition) is 1. The smallest absolute Gasteiger partial charge is 0.262 e. The van der Waals surface area contributed by atoms with Crippen LogP contribution in [0.15, 0.2) is 41.3 Å². The number of halogens is 1. The molecular weight excluding hydrogens is 359 g/mol. The van der Waals surface area contributed by atoms with Gasteiger partial charge >= 0.3 is 0 Å². The van der Waals surface area contributed by atoms with Gasteiger partial charge < -0.3 is 10.1 Å². The van der Waals surface area contributed by atoms with Crippen molar-refractivity contribution >= 4 is 21.6 Å². The average molecular weight is 380 g/mol. The Kier molecular flexibility index (Phi) is 5.99. The van der Waals surface area contributed by atoms with Gasteiger partial charge in [0.25, 0.3) is 5.91 Å². The molecule has 0 radical (unpaired) electrons. The Balaban J connectivity index is 2.16. The first-order valence-electron chi connectivity index (χ1n) is 7.83. The molecule has 0 unspecified atom stereocenters. The van der Waals surface area contributed by atoms with Crippen molar-refractivity contribution in [1.29, 1.82) is 0 Å². The van der Waals surface area contributed by atoms with Crippen LogP contribution in [0.2, 0.25) is 0 Å². The quantitative estimate of drug-likeness (QED) is 0.836. The molecule has 0 bridgehead atoms. The number of nitrogens with one attached hydrogen (secondary N) is 1. The number of aryl methyl sites for hydroxylation is 1. The van der Waals surface area contributed by atoms with E-state index in [1.165, 1.54) is 44.4 Å². The molecule has 0 spiro atoms. The molecule has 2 rings (SSSR count). The highest BCUT2D eigenvalue weighted by molar-refractivity contribution is 7.89. The lowest BCUT2D eigenvalue weighted by molar-refractivity contribution is -0.118. The maximum absolute atomic E-state index is 12.9. The summed E-state index contributed by atoms with van der Waals surface area (Å²) in [6, 6.07) is 8.29. The summed E-state index contributed by atoms with van der Waals surface area (Å²) in [5.41, 5.74) is 1.90. The lowest BCUT2D eigenvalue weighted by atomic mass is 10.1. The first kappa shape index (κ1) is 19.9. The topological polar surface area (TPSA) is 75.7 Å². The van der Waals surface area contributed by atoms with Gasteiger partial charge in [0.2, 0.25) is 10.0 Å². The molecule has 1 amide bonds. The Morgan fingerprint density at radius 3 is 2.35 bits per heavy atom. The molecule has 0 aliphatic heterocycles. The van der Waals surface area contributed by atoms with Gasteiger partial charge in [0, 0.05) is 19.8 Å². The second kappa shape index (κ2) is 7.84. The fraction of sp³-hybridized carbons (Fsp3) is 0.278. The van der Waals surface area contributed by atoms with E-state index < -0.39 is 21.7 Å². The summed E-state index contributed by atoms with van der Waals surface area (Å²) in [4.78, 5) is 12.2. The number of amides is 1. The van der Waals surface area contributed by atoms with Crippen LogP contribution in [-0.4, -0.2) is 39.3 Å². The summed E-state index contributed by atoms with van der Waals surface area (Å²) in [5, 5.41) is 2.66. The van der Waals surface area contributed by atoms with Crippen LogP contribution in [0.25, 0.3) is 0 Å². The number of sulfonamides is 1. The van der Waals surface area contributed by atoms with Crippen LogP contribution in [0.3, 0.4) is 0 Å². The average Bonchev–Trinajstić information content (AvgIpc) is 2.58. The maximum Gasteiger partial charge on any atom is 0.262 e. The van der Waals surface area contributed by atoms with E-state index in [0.717, 1.165) is 15.4 Å².